The maximum atomic E-state index is 13.6. The molecule has 0 aliphatic carbocycles. The van der Waals surface area contributed by atoms with Gasteiger partial charge in [-0.05, 0) is 86.2 Å². The minimum absolute atomic E-state index is 0.0498. The van der Waals surface area contributed by atoms with E-state index in [4.69, 9.17) is 25.7 Å². The van der Waals surface area contributed by atoms with Crippen LogP contribution in [0.4, 0.5) is 11.5 Å². The highest BCUT2D eigenvalue weighted by Gasteiger charge is 2.40. The molecule has 0 aliphatic rings. The first-order valence-corrected chi connectivity index (χ1v) is 13.6. The molecule has 0 unspecified atom stereocenters. The van der Waals surface area contributed by atoms with Gasteiger partial charge in [-0.15, -0.1) is 0 Å². The van der Waals surface area contributed by atoms with E-state index in [9.17, 15) is 4.79 Å². The first kappa shape index (κ1) is 28.5. The number of nitrogens with one attached hydrogen (secondary N) is 1. The highest BCUT2D eigenvalue weighted by atomic mass is 16.5. The molecule has 3 aromatic carbocycles. The lowest BCUT2D eigenvalue weighted by Crippen LogP contribution is -2.49. The Labute approximate surface area is 235 Å². The van der Waals surface area contributed by atoms with E-state index >= 15 is 0 Å². The molecule has 1 atom stereocenters. The summed E-state index contributed by atoms with van der Waals surface area (Å²) in [5, 5.41) is 5.20. The molecule has 4 aromatic rings. The van der Waals surface area contributed by atoms with E-state index in [2.05, 4.69) is 17.2 Å². The normalized spacial score (nSPS) is 12.6. The van der Waals surface area contributed by atoms with Crippen molar-refractivity contribution in [2.75, 3.05) is 24.3 Å². The van der Waals surface area contributed by atoms with Crippen molar-refractivity contribution in [3.05, 3.63) is 84.1 Å². The average molecular weight is 543 g/mol. The summed E-state index contributed by atoms with van der Waals surface area (Å²) in [6, 6.07) is 20.8. The van der Waals surface area contributed by atoms with Gasteiger partial charge in [0.15, 0.2) is 11.5 Å². The fraction of sp³-hybridized carbons (Fsp3) is 0.312. The predicted molar refractivity (Wildman–Crippen MR) is 160 cm³/mol. The van der Waals surface area contributed by atoms with E-state index in [0.717, 1.165) is 22.8 Å². The summed E-state index contributed by atoms with van der Waals surface area (Å²) >= 11 is 0. The van der Waals surface area contributed by atoms with Gasteiger partial charge < -0.3 is 31.0 Å². The van der Waals surface area contributed by atoms with Crippen LogP contribution in [0.15, 0.2) is 72.9 Å². The highest BCUT2D eigenvalue weighted by Crippen LogP contribution is 2.39. The molecule has 0 spiro atoms. The third-order valence-corrected chi connectivity index (χ3v) is 6.56. The summed E-state index contributed by atoms with van der Waals surface area (Å²) in [6.07, 6.45) is 2.70. The van der Waals surface area contributed by atoms with E-state index in [0.29, 0.717) is 47.5 Å². The number of ether oxygens (including phenoxy) is 3. The smallest absolute Gasteiger partial charge is 0.248 e. The van der Waals surface area contributed by atoms with Crippen molar-refractivity contribution in [3.8, 4) is 17.2 Å². The van der Waals surface area contributed by atoms with Crippen LogP contribution in [0.1, 0.15) is 45.2 Å². The number of carbonyl (C=O) groups excluding carboxylic acids is 1. The van der Waals surface area contributed by atoms with Crippen LogP contribution >= 0.6 is 0 Å². The summed E-state index contributed by atoms with van der Waals surface area (Å²) in [7, 11) is 0. The quantitative estimate of drug-likeness (QED) is 0.194. The van der Waals surface area contributed by atoms with Crippen molar-refractivity contribution >= 4 is 28.2 Å². The van der Waals surface area contributed by atoms with Gasteiger partial charge in [-0.1, -0.05) is 31.2 Å². The number of amides is 1. The number of benzene rings is 3. The van der Waals surface area contributed by atoms with Gasteiger partial charge in [0.1, 0.15) is 17.1 Å². The van der Waals surface area contributed by atoms with Gasteiger partial charge in [-0.25, -0.2) is 4.98 Å². The Morgan fingerprint density at radius 3 is 2.50 bits per heavy atom. The van der Waals surface area contributed by atoms with Gasteiger partial charge >= 0.3 is 0 Å². The molecule has 0 fully saturated rings. The van der Waals surface area contributed by atoms with Crippen LogP contribution in [0.25, 0.3) is 10.8 Å². The van der Waals surface area contributed by atoms with E-state index < -0.39 is 11.4 Å². The van der Waals surface area contributed by atoms with Crippen LogP contribution in [-0.2, 0) is 16.8 Å². The van der Waals surface area contributed by atoms with Crippen molar-refractivity contribution in [2.45, 2.75) is 52.2 Å². The van der Waals surface area contributed by atoms with Crippen LogP contribution < -0.4 is 31.0 Å². The average Bonchev–Trinajstić information content (AvgIpc) is 2.93. The van der Waals surface area contributed by atoms with E-state index in [1.54, 1.807) is 6.20 Å². The Kier molecular flexibility index (Phi) is 8.99. The molecule has 1 heterocycles. The number of pyridine rings is 1. The van der Waals surface area contributed by atoms with Crippen LogP contribution in [0.5, 0.6) is 17.2 Å². The number of hydrogen-bond acceptors (Lipinski definition) is 7. The number of nitrogens with zero attached hydrogens (tertiary/aromatic N) is 1. The summed E-state index contributed by atoms with van der Waals surface area (Å²) in [4.78, 5) is 17.8. The first-order valence-electron chi connectivity index (χ1n) is 13.6. The van der Waals surface area contributed by atoms with Gasteiger partial charge in [0.05, 0.1) is 19.3 Å². The molecular formula is C32H38N4O4. The molecule has 0 saturated heterocycles. The van der Waals surface area contributed by atoms with Crippen LogP contribution in [-0.4, -0.2) is 30.2 Å². The molecule has 0 bridgehead atoms. The third-order valence-electron chi connectivity index (χ3n) is 6.56. The maximum Gasteiger partial charge on any atom is 0.248 e. The minimum atomic E-state index is -1.36. The standard InChI is InChI=1S/C32H38N4O4/c1-5-17-39-27-10-8-7-9-23(27)20-32(31(34)37,24-11-14-28(40-21(3)4)29(19-24)38-6-2)36-25-12-13-26-22(18-25)15-16-35-30(26)33/h7-16,18-19,21,36H,5-6,17,20H2,1-4H3,(H2,33,35)(H2,34,37)/t32-/m1/s1. The second-order valence-electron chi connectivity index (χ2n) is 9.92. The number of anilines is 2. The number of nitrogen functional groups attached to an aromatic ring is 1. The number of fused-ring (bicyclic) bond motifs is 1. The molecule has 1 amide bonds. The zero-order valence-corrected chi connectivity index (χ0v) is 23.6. The highest BCUT2D eigenvalue weighted by molar-refractivity contribution is 5.95. The van der Waals surface area contributed by atoms with Crippen molar-refractivity contribution in [1.29, 1.82) is 0 Å². The maximum absolute atomic E-state index is 13.6. The monoisotopic (exact) mass is 542 g/mol. The molecule has 1 aromatic heterocycles. The molecule has 0 saturated carbocycles. The third kappa shape index (κ3) is 6.22. The fourth-order valence-corrected chi connectivity index (χ4v) is 4.72. The second-order valence-corrected chi connectivity index (χ2v) is 9.92. The lowest BCUT2D eigenvalue weighted by Gasteiger charge is -2.34. The predicted octanol–water partition coefficient (Wildman–Crippen LogP) is 5.83. The second kappa shape index (κ2) is 12.6. The number of para-hydroxylation sites is 1. The number of aromatic nitrogens is 1. The Balaban J connectivity index is 1.89. The summed E-state index contributed by atoms with van der Waals surface area (Å²) in [5.41, 5.74) is 13.2. The zero-order valence-electron chi connectivity index (χ0n) is 23.6. The van der Waals surface area contributed by atoms with E-state index in [1.165, 1.54) is 0 Å². The largest absolute Gasteiger partial charge is 0.493 e. The van der Waals surface area contributed by atoms with Crippen molar-refractivity contribution < 1.29 is 19.0 Å². The molecular weight excluding hydrogens is 504 g/mol. The topological polar surface area (TPSA) is 122 Å². The molecule has 0 radical (unpaired) electrons. The van der Waals surface area contributed by atoms with Gasteiger partial charge in [-0.3, -0.25) is 4.79 Å². The van der Waals surface area contributed by atoms with Crippen LogP contribution in [0.3, 0.4) is 0 Å². The number of carbonyl (C=O) groups is 1. The molecule has 4 rings (SSSR count). The Hall–Kier alpha value is -4.46. The Bertz CT molecular complexity index is 1470. The fourth-order valence-electron chi connectivity index (χ4n) is 4.72. The first-order chi connectivity index (χ1) is 19.3. The molecule has 0 aliphatic heterocycles. The number of hydrogen-bond donors (Lipinski definition) is 3. The number of rotatable bonds is 13. The number of nitrogens with two attached hydrogens (primary N) is 2. The van der Waals surface area contributed by atoms with Gasteiger partial charge in [0.25, 0.3) is 0 Å². The molecule has 8 heteroatoms. The Morgan fingerprint density at radius 1 is 0.975 bits per heavy atom. The lowest BCUT2D eigenvalue weighted by molar-refractivity contribution is -0.122. The van der Waals surface area contributed by atoms with E-state index in [1.807, 2.05) is 87.5 Å². The van der Waals surface area contributed by atoms with Crippen molar-refractivity contribution in [1.82, 2.24) is 4.98 Å². The molecule has 5 N–H and O–H groups in total. The zero-order chi connectivity index (χ0) is 28.7. The van der Waals surface area contributed by atoms with Gasteiger partial charge in [-0.2, -0.15) is 0 Å². The summed E-state index contributed by atoms with van der Waals surface area (Å²) < 4.78 is 18.0. The van der Waals surface area contributed by atoms with Crippen LogP contribution in [0, 0.1) is 0 Å². The van der Waals surface area contributed by atoms with Gasteiger partial charge in [0.2, 0.25) is 5.91 Å². The van der Waals surface area contributed by atoms with Crippen molar-refractivity contribution in [2.24, 2.45) is 5.73 Å². The molecule has 40 heavy (non-hydrogen) atoms. The SMILES string of the molecule is CCCOc1ccccc1C[C@](Nc1ccc2c(N)nccc2c1)(C(N)=O)c1ccc(OC(C)C)c(OCC)c1. The Morgan fingerprint density at radius 2 is 1.77 bits per heavy atom. The number of primary amides is 1. The van der Waals surface area contributed by atoms with Crippen LogP contribution in [0.2, 0.25) is 0 Å². The minimum Gasteiger partial charge on any atom is -0.493 e. The van der Waals surface area contributed by atoms with Crippen molar-refractivity contribution in [3.63, 3.8) is 0 Å². The van der Waals surface area contributed by atoms with E-state index in [-0.39, 0.29) is 12.5 Å². The summed E-state index contributed by atoms with van der Waals surface area (Å²) in [6.45, 7) is 8.85. The molecule has 8 nitrogen and oxygen atoms in total. The van der Waals surface area contributed by atoms with Gasteiger partial charge in [0, 0.05) is 23.7 Å². The summed E-state index contributed by atoms with van der Waals surface area (Å²) in [5.74, 6) is 1.73. The lowest BCUT2D eigenvalue weighted by atomic mass is 9.82. The molecule has 210 valence electrons.